The van der Waals surface area contributed by atoms with Gasteiger partial charge in [0, 0.05) is 23.6 Å². The lowest BCUT2D eigenvalue weighted by atomic mass is 10.0. The Balaban J connectivity index is 1.66. The van der Waals surface area contributed by atoms with Crippen LogP contribution in [-0.4, -0.2) is 36.6 Å². The first-order chi connectivity index (χ1) is 9.65. The molecule has 1 aromatic rings. The number of amides is 2. The second-order valence-electron chi connectivity index (χ2n) is 5.32. The summed E-state index contributed by atoms with van der Waals surface area (Å²) in [4.78, 5) is 13.3. The van der Waals surface area contributed by atoms with E-state index in [1.165, 1.54) is 10.0 Å². The summed E-state index contributed by atoms with van der Waals surface area (Å²) < 4.78 is 1.20. The van der Waals surface area contributed by atoms with Crippen molar-refractivity contribution in [3.05, 3.63) is 34.3 Å². The molecule has 0 aromatic heterocycles. The van der Waals surface area contributed by atoms with Crippen molar-refractivity contribution in [2.75, 3.05) is 19.6 Å². The van der Waals surface area contributed by atoms with Crippen LogP contribution in [0.2, 0.25) is 0 Å². The van der Waals surface area contributed by atoms with Gasteiger partial charge < -0.3 is 16.0 Å². The van der Waals surface area contributed by atoms with E-state index in [4.69, 9.17) is 5.73 Å². The van der Waals surface area contributed by atoms with Crippen molar-refractivity contribution in [3.63, 3.8) is 0 Å². The standard InChI is InChI=1S/C15H22BrN3O/c16-14-6-2-1-4-12(14)5-3-9-19-10-7-13(8-11-19)18-15(17)20/h1-2,4,6,13H,3,5,7-11H2,(H3,17,18,20). The van der Waals surface area contributed by atoms with Crippen LogP contribution in [0.3, 0.4) is 0 Å². The van der Waals surface area contributed by atoms with Crippen LogP contribution in [-0.2, 0) is 6.42 Å². The molecule has 1 aliphatic heterocycles. The molecule has 110 valence electrons. The molecule has 1 saturated heterocycles. The number of carbonyl (C=O) groups excluding carboxylic acids is 1. The van der Waals surface area contributed by atoms with Crippen molar-refractivity contribution in [3.8, 4) is 0 Å². The maximum absolute atomic E-state index is 10.8. The molecule has 1 aliphatic rings. The molecular formula is C15H22BrN3O. The monoisotopic (exact) mass is 339 g/mol. The lowest BCUT2D eigenvalue weighted by Gasteiger charge is -2.32. The molecule has 0 bridgehead atoms. The lowest BCUT2D eigenvalue weighted by Crippen LogP contribution is -2.46. The Morgan fingerprint density at radius 1 is 1.35 bits per heavy atom. The number of rotatable bonds is 5. The molecule has 1 aromatic carbocycles. The van der Waals surface area contributed by atoms with Gasteiger partial charge in [-0.25, -0.2) is 4.79 Å². The second-order valence-corrected chi connectivity index (χ2v) is 6.17. The molecule has 5 heteroatoms. The van der Waals surface area contributed by atoms with E-state index < -0.39 is 6.03 Å². The predicted octanol–water partition coefficient (Wildman–Crippen LogP) is 2.51. The largest absolute Gasteiger partial charge is 0.352 e. The van der Waals surface area contributed by atoms with Crippen molar-refractivity contribution in [2.24, 2.45) is 5.73 Å². The van der Waals surface area contributed by atoms with Gasteiger partial charge in [0.1, 0.15) is 0 Å². The van der Waals surface area contributed by atoms with Gasteiger partial charge in [-0.3, -0.25) is 0 Å². The molecule has 0 radical (unpaired) electrons. The highest BCUT2D eigenvalue weighted by Gasteiger charge is 2.19. The van der Waals surface area contributed by atoms with Crippen molar-refractivity contribution < 1.29 is 4.79 Å². The average Bonchev–Trinajstić information content (AvgIpc) is 2.42. The molecule has 20 heavy (non-hydrogen) atoms. The summed E-state index contributed by atoms with van der Waals surface area (Å²) in [6.45, 7) is 3.20. The van der Waals surface area contributed by atoms with Gasteiger partial charge in [0.25, 0.3) is 0 Å². The maximum atomic E-state index is 10.8. The topological polar surface area (TPSA) is 58.4 Å². The number of piperidine rings is 1. The number of nitrogens with one attached hydrogen (secondary N) is 1. The molecule has 2 rings (SSSR count). The summed E-state index contributed by atoms with van der Waals surface area (Å²) in [6.07, 6.45) is 4.26. The number of primary amides is 1. The highest BCUT2D eigenvalue weighted by atomic mass is 79.9. The van der Waals surface area contributed by atoms with Crippen LogP contribution >= 0.6 is 15.9 Å². The van der Waals surface area contributed by atoms with E-state index in [0.29, 0.717) is 0 Å². The molecular weight excluding hydrogens is 318 g/mol. The Bertz CT molecular complexity index is 444. The summed E-state index contributed by atoms with van der Waals surface area (Å²) in [5.74, 6) is 0. The fourth-order valence-electron chi connectivity index (χ4n) is 2.70. The van der Waals surface area contributed by atoms with Gasteiger partial charge in [-0.15, -0.1) is 0 Å². The molecule has 4 nitrogen and oxygen atoms in total. The number of nitrogens with two attached hydrogens (primary N) is 1. The highest BCUT2D eigenvalue weighted by molar-refractivity contribution is 9.10. The number of aryl methyl sites for hydroxylation is 1. The Hall–Kier alpha value is -1.07. The van der Waals surface area contributed by atoms with Crippen LogP contribution in [0.4, 0.5) is 4.79 Å². The Kier molecular flexibility index (Phi) is 5.86. The number of hydrogen-bond donors (Lipinski definition) is 2. The normalized spacial score (nSPS) is 17.1. The second kappa shape index (κ2) is 7.64. The van der Waals surface area contributed by atoms with Crippen LogP contribution in [0.15, 0.2) is 28.7 Å². The molecule has 0 atom stereocenters. The molecule has 1 fully saturated rings. The van der Waals surface area contributed by atoms with E-state index in [1.807, 2.05) is 6.07 Å². The summed E-state index contributed by atoms with van der Waals surface area (Å²) in [7, 11) is 0. The van der Waals surface area contributed by atoms with E-state index in [-0.39, 0.29) is 6.04 Å². The molecule has 1 heterocycles. The van der Waals surface area contributed by atoms with E-state index in [9.17, 15) is 4.79 Å². The molecule has 0 spiro atoms. The third kappa shape index (κ3) is 4.80. The zero-order valence-electron chi connectivity index (χ0n) is 11.6. The zero-order chi connectivity index (χ0) is 14.4. The number of hydrogen-bond acceptors (Lipinski definition) is 2. The number of nitrogens with zero attached hydrogens (tertiary/aromatic N) is 1. The van der Waals surface area contributed by atoms with Crippen LogP contribution in [0.1, 0.15) is 24.8 Å². The first-order valence-electron chi connectivity index (χ1n) is 7.17. The average molecular weight is 340 g/mol. The zero-order valence-corrected chi connectivity index (χ0v) is 13.2. The van der Waals surface area contributed by atoms with E-state index in [0.717, 1.165) is 45.3 Å². The minimum absolute atomic E-state index is 0.256. The van der Waals surface area contributed by atoms with E-state index in [2.05, 4.69) is 44.3 Å². The minimum atomic E-state index is -0.405. The number of urea groups is 1. The number of benzene rings is 1. The number of halogens is 1. The molecule has 0 aliphatic carbocycles. The lowest BCUT2D eigenvalue weighted by molar-refractivity contribution is 0.193. The SMILES string of the molecule is NC(=O)NC1CCN(CCCc2ccccc2Br)CC1. The smallest absolute Gasteiger partial charge is 0.312 e. The number of likely N-dealkylation sites (tertiary alicyclic amines) is 1. The van der Waals surface area contributed by atoms with Gasteiger partial charge >= 0.3 is 6.03 Å². The third-order valence-corrected chi connectivity index (χ3v) is 4.59. The minimum Gasteiger partial charge on any atom is -0.352 e. The Labute approximate surface area is 128 Å². The summed E-state index contributed by atoms with van der Waals surface area (Å²) in [5, 5.41) is 2.80. The Morgan fingerprint density at radius 3 is 2.70 bits per heavy atom. The molecule has 2 amide bonds. The first-order valence-corrected chi connectivity index (χ1v) is 7.96. The maximum Gasteiger partial charge on any atom is 0.312 e. The number of carbonyl (C=O) groups is 1. The van der Waals surface area contributed by atoms with Crippen LogP contribution in [0, 0.1) is 0 Å². The van der Waals surface area contributed by atoms with Crippen molar-refractivity contribution in [2.45, 2.75) is 31.7 Å². The van der Waals surface area contributed by atoms with Gasteiger partial charge in [0.2, 0.25) is 0 Å². The van der Waals surface area contributed by atoms with Gasteiger partial charge in [0.15, 0.2) is 0 Å². The van der Waals surface area contributed by atoms with Gasteiger partial charge in [-0.1, -0.05) is 34.1 Å². The molecule has 3 N–H and O–H groups in total. The fraction of sp³-hybridized carbons (Fsp3) is 0.533. The Morgan fingerprint density at radius 2 is 2.05 bits per heavy atom. The fourth-order valence-corrected chi connectivity index (χ4v) is 3.18. The van der Waals surface area contributed by atoms with Crippen LogP contribution in [0.25, 0.3) is 0 Å². The third-order valence-electron chi connectivity index (χ3n) is 3.81. The van der Waals surface area contributed by atoms with Crippen LogP contribution in [0.5, 0.6) is 0 Å². The summed E-state index contributed by atoms with van der Waals surface area (Å²) in [6, 6.07) is 8.25. The van der Waals surface area contributed by atoms with Gasteiger partial charge in [-0.2, -0.15) is 0 Å². The molecule has 0 saturated carbocycles. The summed E-state index contributed by atoms with van der Waals surface area (Å²) >= 11 is 3.59. The predicted molar refractivity (Wildman–Crippen MR) is 84.6 cm³/mol. The van der Waals surface area contributed by atoms with Crippen LogP contribution < -0.4 is 11.1 Å². The van der Waals surface area contributed by atoms with E-state index >= 15 is 0 Å². The van der Waals surface area contributed by atoms with E-state index in [1.54, 1.807) is 0 Å². The highest BCUT2D eigenvalue weighted by Crippen LogP contribution is 2.18. The quantitative estimate of drug-likeness (QED) is 0.865. The molecule has 0 unspecified atom stereocenters. The van der Waals surface area contributed by atoms with Crippen molar-refractivity contribution in [1.82, 2.24) is 10.2 Å². The van der Waals surface area contributed by atoms with Crippen molar-refractivity contribution in [1.29, 1.82) is 0 Å². The summed E-state index contributed by atoms with van der Waals surface area (Å²) in [5.41, 5.74) is 6.52. The van der Waals surface area contributed by atoms with Gasteiger partial charge in [0.05, 0.1) is 0 Å². The first kappa shape index (κ1) is 15.3. The van der Waals surface area contributed by atoms with Crippen molar-refractivity contribution >= 4 is 22.0 Å². The van der Waals surface area contributed by atoms with Gasteiger partial charge in [-0.05, 0) is 43.9 Å².